The first-order chi connectivity index (χ1) is 12.8. The van der Waals surface area contributed by atoms with Crippen LogP contribution in [0, 0.1) is 0 Å². The van der Waals surface area contributed by atoms with Crippen LogP contribution in [-0.2, 0) is 29.8 Å². The average molecular weight is 473 g/mol. The Kier molecular flexibility index (Phi) is 21.3. The molecule has 0 aliphatic heterocycles. The van der Waals surface area contributed by atoms with E-state index in [4.69, 9.17) is 19.3 Å². The summed E-state index contributed by atoms with van der Waals surface area (Å²) in [6.07, 6.45) is 11.0. The topological polar surface area (TPSA) is 183 Å². The summed E-state index contributed by atoms with van der Waals surface area (Å²) >= 11 is 0. The Hall–Kier alpha value is -0.240. The van der Waals surface area contributed by atoms with E-state index < -0.39 is 43.2 Å². The fourth-order valence-electron chi connectivity index (χ4n) is 2.37. The van der Waals surface area contributed by atoms with Crippen molar-refractivity contribution in [2.75, 3.05) is 5.75 Å². The van der Waals surface area contributed by atoms with Crippen LogP contribution in [0.4, 0.5) is 0 Å². The monoisotopic (exact) mass is 472 g/mol. The summed E-state index contributed by atoms with van der Waals surface area (Å²) in [6, 6.07) is 0. The maximum atomic E-state index is 10.8. The zero-order valence-electron chi connectivity index (χ0n) is 16.1. The van der Waals surface area contributed by atoms with Crippen LogP contribution in [0.15, 0.2) is 0 Å². The molecule has 4 N–H and O–H groups in total. The van der Waals surface area contributed by atoms with Gasteiger partial charge in [-0.2, -0.15) is 16.8 Å². The van der Waals surface area contributed by atoms with Crippen LogP contribution in [0.5, 0.6) is 0 Å². The third-order valence-corrected chi connectivity index (χ3v) is 5.53. The van der Waals surface area contributed by atoms with Crippen LogP contribution in [0.1, 0.15) is 77.6 Å². The number of carboxylic acids is 2. The minimum absolute atomic E-state index is 0. The number of carbonyl (C=O) groups is 2. The average Bonchev–Trinajstić information content (AvgIpc) is 2.49. The van der Waals surface area contributed by atoms with Gasteiger partial charge < -0.3 is 10.2 Å². The van der Waals surface area contributed by atoms with Crippen molar-refractivity contribution in [3.8, 4) is 0 Å². The molecule has 0 aliphatic carbocycles. The molecule has 1 unspecified atom stereocenters. The molecule has 0 aromatic heterocycles. The van der Waals surface area contributed by atoms with Crippen LogP contribution in [-0.4, -0.2) is 88.7 Å². The van der Waals surface area contributed by atoms with Crippen molar-refractivity contribution in [2.24, 2.45) is 0 Å². The van der Waals surface area contributed by atoms with Crippen molar-refractivity contribution in [3.05, 3.63) is 0 Å². The molecular weight excluding hydrogens is 439 g/mol. The van der Waals surface area contributed by atoms with Crippen LogP contribution in [0.25, 0.3) is 0 Å². The van der Waals surface area contributed by atoms with Gasteiger partial charge in [0.1, 0.15) is 0 Å². The summed E-state index contributed by atoms with van der Waals surface area (Å²) in [5.41, 5.74) is 0. The Bertz CT molecular complexity index is 647. The van der Waals surface area contributed by atoms with E-state index in [0.29, 0.717) is 6.42 Å². The van der Waals surface area contributed by atoms with E-state index in [0.717, 1.165) is 19.3 Å². The first-order valence-corrected chi connectivity index (χ1v) is 12.3. The Labute approximate surface area is 195 Å². The van der Waals surface area contributed by atoms with Gasteiger partial charge in [0.2, 0.25) is 0 Å². The summed E-state index contributed by atoms with van der Waals surface area (Å²) in [7, 11) is -8.80. The second-order valence-electron chi connectivity index (χ2n) is 6.43. The fourth-order valence-corrected chi connectivity index (χ4v) is 3.40. The SMILES string of the molecule is CCCCCCCCCCCCC(C(=O)O)S(=O)(=O)O.O=C(O)CS(=O)(=O)O.[NaH]. The molecule has 0 saturated heterocycles. The molecule has 0 bridgehead atoms. The van der Waals surface area contributed by atoms with Gasteiger partial charge in [0.05, 0.1) is 0 Å². The van der Waals surface area contributed by atoms with Gasteiger partial charge in [-0.25, -0.2) is 0 Å². The molecule has 1 atom stereocenters. The van der Waals surface area contributed by atoms with Crippen molar-refractivity contribution in [3.63, 3.8) is 0 Å². The number of hydrogen-bond donors (Lipinski definition) is 4. The third kappa shape index (κ3) is 25.7. The van der Waals surface area contributed by atoms with Gasteiger partial charge in [0.15, 0.2) is 11.0 Å². The van der Waals surface area contributed by atoms with Gasteiger partial charge in [-0.05, 0) is 6.42 Å². The van der Waals surface area contributed by atoms with Gasteiger partial charge in [-0.1, -0.05) is 71.1 Å². The van der Waals surface area contributed by atoms with E-state index in [1.165, 1.54) is 38.5 Å². The Morgan fingerprint density at radius 2 is 1.14 bits per heavy atom. The Morgan fingerprint density at radius 3 is 1.38 bits per heavy atom. The molecule has 0 amide bonds. The van der Waals surface area contributed by atoms with Crippen LogP contribution < -0.4 is 0 Å². The van der Waals surface area contributed by atoms with E-state index in [-0.39, 0.29) is 36.0 Å². The van der Waals surface area contributed by atoms with Gasteiger partial charge in [0, 0.05) is 0 Å². The van der Waals surface area contributed by atoms with Crippen molar-refractivity contribution in [2.45, 2.75) is 82.8 Å². The summed E-state index contributed by atoms with van der Waals surface area (Å²) in [5.74, 6) is -4.26. The molecular formula is C16H33NaO10S2. The predicted molar refractivity (Wildman–Crippen MR) is 111 cm³/mol. The zero-order valence-corrected chi connectivity index (χ0v) is 17.8. The third-order valence-electron chi connectivity index (χ3n) is 3.76. The van der Waals surface area contributed by atoms with Crippen LogP contribution >= 0.6 is 0 Å². The van der Waals surface area contributed by atoms with E-state index in [1.807, 2.05) is 0 Å². The second kappa shape index (κ2) is 18.5. The van der Waals surface area contributed by atoms with E-state index in [9.17, 15) is 26.4 Å². The molecule has 0 spiro atoms. The molecule has 0 aromatic rings. The van der Waals surface area contributed by atoms with E-state index in [2.05, 4.69) is 6.92 Å². The van der Waals surface area contributed by atoms with Gasteiger partial charge >= 0.3 is 41.5 Å². The summed E-state index contributed by atoms with van der Waals surface area (Å²) < 4.78 is 57.5. The first-order valence-electron chi connectivity index (χ1n) is 9.17. The predicted octanol–water partition coefficient (Wildman–Crippen LogP) is 1.95. The zero-order chi connectivity index (χ0) is 22.2. The first kappa shape index (κ1) is 33.4. The number of hydrogen-bond acceptors (Lipinski definition) is 6. The quantitative estimate of drug-likeness (QED) is 0.156. The van der Waals surface area contributed by atoms with Crippen molar-refractivity contribution in [1.82, 2.24) is 0 Å². The van der Waals surface area contributed by atoms with Gasteiger partial charge in [-0.3, -0.25) is 18.7 Å². The molecule has 0 aromatic carbocycles. The summed E-state index contributed by atoms with van der Waals surface area (Å²) in [6.45, 7) is 2.19. The Morgan fingerprint density at radius 1 is 0.759 bits per heavy atom. The Balaban J connectivity index is -0.000000636. The normalized spacial score (nSPS) is 12.2. The van der Waals surface area contributed by atoms with Crippen molar-refractivity contribution < 1.29 is 45.7 Å². The van der Waals surface area contributed by atoms with Crippen molar-refractivity contribution >= 4 is 61.7 Å². The number of aliphatic carboxylic acids is 2. The van der Waals surface area contributed by atoms with E-state index >= 15 is 0 Å². The second-order valence-corrected chi connectivity index (χ2v) is 9.48. The molecule has 0 fully saturated rings. The molecule has 10 nitrogen and oxygen atoms in total. The molecule has 0 aliphatic rings. The van der Waals surface area contributed by atoms with Gasteiger partial charge in [-0.15, -0.1) is 0 Å². The number of rotatable bonds is 15. The number of carboxylic acid groups (broad SMARTS) is 2. The molecule has 170 valence electrons. The molecule has 0 radical (unpaired) electrons. The molecule has 13 heteroatoms. The standard InChI is InChI=1S/C14H28O5S.C2H4O5S.Na.H/c1-2-3-4-5-6-7-8-9-10-11-12-13(14(15)16)20(17,18)19;3-2(4)1-8(5,6)7;;/h13H,2-12H2,1H3,(H,15,16)(H,17,18,19);1H2,(H,3,4)(H,5,6,7);;. The molecule has 29 heavy (non-hydrogen) atoms. The molecule has 0 saturated carbocycles. The molecule has 0 heterocycles. The fraction of sp³-hybridized carbons (Fsp3) is 0.875. The van der Waals surface area contributed by atoms with Crippen LogP contribution in [0.3, 0.4) is 0 Å². The van der Waals surface area contributed by atoms with Gasteiger partial charge in [0.25, 0.3) is 20.2 Å². The summed E-state index contributed by atoms with van der Waals surface area (Å²) in [5, 5.41) is 14.8. The minimum atomic E-state index is -4.47. The van der Waals surface area contributed by atoms with E-state index in [1.54, 1.807) is 0 Å². The molecule has 0 rings (SSSR count). The van der Waals surface area contributed by atoms with Crippen molar-refractivity contribution in [1.29, 1.82) is 0 Å². The summed E-state index contributed by atoms with van der Waals surface area (Å²) in [4.78, 5) is 20.2. The number of unbranched alkanes of at least 4 members (excludes halogenated alkanes) is 9. The van der Waals surface area contributed by atoms with Crippen LogP contribution in [0.2, 0.25) is 0 Å². The maximum absolute atomic E-state index is 10.8.